The van der Waals surface area contributed by atoms with Crippen LogP contribution in [0, 0.1) is 5.92 Å². The van der Waals surface area contributed by atoms with E-state index >= 15 is 0 Å². The van der Waals surface area contributed by atoms with Gasteiger partial charge < -0.3 is 8.85 Å². The van der Waals surface area contributed by atoms with E-state index in [0.29, 0.717) is 5.92 Å². The zero-order valence-electron chi connectivity index (χ0n) is 23.5. The molecular formula is C31H48O2Si2. The van der Waals surface area contributed by atoms with Gasteiger partial charge >= 0.3 is 0 Å². The molecule has 0 spiro atoms. The van der Waals surface area contributed by atoms with Gasteiger partial charge in [0.05, 0.1) is 11.9 Å². The summed E-state index contributed by atoms with van der Waals surface area (Å²) in [6.07, 6.45) is 7.39. The van der Waals surface area contributed by atoms with Crippen LogP contribution in [0.5, 0.6) is 0 Å². The van der Waals surface area contributed by atoms with Gasteiger partial charge in [-0.3, -0.25) is 0 Å². The Kier molecular flexibility index (Phi) is 9.28. The van der Waals surface area contributed by atoms with E-state index in [0.717, 1.165) is 12.2 Å². The van der Waals surface area contributed by atoms with Crippen molar-refractivity contribution < 1.29 is 8.85 Å². The first-order valence-corrected chi connectivity index (χ1v) is 19.0. The van der Waals surface area contributed by atoms with E-state index in [1.54, 1.807) is 0 Å². The lowest BCUT2D eigenvalue weighted by Gasteiger charge is -2.47. The number of hydrogen-bond donors (Lipinski definition) is 0. The third-order valence-corrected chi connectivity index (χ3v) is 13.3. The third kappa shape index (κ3) is 6.58. The van der Waals surface area contributed by atoms with E-state index in [-0.39, 0.29) is 11.1 Å². The molecule has 1 fully saturated rings. The van der Waals surface area contributed by atoms with Crippen molar-refractivity contribution >= 4 is 27.0 Å². The predicted octanol–water partition coefficient (Wildman–Crippen LogP) is 8.05. The highest BCUT2D eigenvalue weighted by Crippen LogP contribution is 2.43. The molecule has 0 N–H and O–H groups in total. The van der Waals surface area contributed by atoms with Crippen molar-refractivity contribution in [3.63, 3.8) is 0 Å². The third-order valence-electron chi connectivity index (χ3n) is 7.31. The molecule has 2 atom stereocenters. The molecule has 4 heteroatoms. The van der Waals surface area contributed by atoms with Crippen LogP contribution in [0.1, 0.15) is 73.1 Å². The molecule has 1 aliphatic rings. The Labute approximate surface area is 217 Å². The van der Waals surface area contributed by atoms with Crippen LogP contribution in [0.15, 0.2) is 72.0 Å². The van der Waals surface area contributed by atoms with Crippen LogP contribution in [-0.2, 0) is 8.85 Å². The van der Waals surface area contributed by atoms with Crippen LogP contribution in [0.2, 0.25) is 24.7 Å². The van der Waals surface area contributed by atoms with E-state index in [4.69, 9.17) is 8.85 Å². The summed E-state index contributed by atoms with van der Waals surface area (Å²) in [7, 11) is -4.34. The second kappa shape index (κ2) is 11.6. The molecule has 1 saturated carbocycles. The molecule has 0 heterocycles. The fraction of sp³-hybridized carbons (Fsp3) is 0.548. The van der Waals surface area contributed by atoms with Crippen molar-refractivity contribution in [2.45, 2.75) is 104 Å². The Morgan fingerprint density at radius 3 is 1.89 bits per heavy atom. The van der Waals surface area contributed by atoms with Crippen LogP contribution in [0.3, 0.4) is 0 Å². The Hall–Kier alpha value is -1.63. The molecule has 0 bridgehead atoms. The molecule has 1 aliphatic carbocycles. The van der Waals surface area contributed by atoms with E-state index in [1.165, 1.54) is 48.1 Å². The fourth-order valence-corrected chi connectivity index (χ4v) is 11.7. The maximum atomic E-state index is 7.69. The minimum absolute atomic E-state index is 0.0231. The zero-order chi connectivity index (χ0) is 25.7. The van der Waals surface area contributed by atoms with Crippen molar-refractivity contribution in [3.8, 4) is 0 Å². The summed E-state index contributed by atoms with van der Waals surface area (Å²) in [5, 5.41) is 2.69. The molecule has 192 valence electrons. The number of rotatable bonds is 9. The highest BCUT2D eigenvalue weighted by Gasteiger charge is 2.52. The fourth-order valence-electron chi connectivity index (χ4n) is 5.93. The quantitative estimate of drug-likeness (QED) is 0.252. The lowest BCUT2D eigenvalue weighted by atomic mass is 9.79. The lowest BCUT2D eigenvalue weighted by molar-refractivity contribution is 0.159. The lowest BCUT2D eigenvalue weighted by Crippen LogP contribution is -2.68. The van der Waals surface area contributed by atoms with Crippen LogP contribution in [-0.4, -0.2) is 22.7 Å². The first-order chi connectivity index (χ1) is 16.5. The molecule has 2 aromatic rings. The van der Waals surface area contributed by atoms with Crippen molar-refractivity contribution in [2.75, 3.05) is 0 Å². The number of allylic oxidation sites excluding steroid dienone is 1. The average molecular weight is 509 g/mol. The van der Waals surface area contributed by atoms with Gasteiger partial charge in [-0.2, -0.15) is 0 Å². The first kappa shape index (κ1) is 28.0. The van der Waals surface area contributed by atoms with Gasteiger partial charge in [-0.25, -0.2) is 0 Å². The SMILES string of the molecule is CCCC[C@@H]1CCC[C@@H](O[Si](c2ccccc2)(c2ccccc2)C(C)(C)C)/C1=C(/C)O[Si](C)(C)C. The Morgan fingerprint density at radius 1 is 0.886 bits per heavy atom. The number of benzene rings is 2. The minimum Gasteiger partial charge on any atom is -0.547 e. The van der Waals surface area contributed by atoms with Crippen molar-refractivity contribution in [1.82, 2.24) is 0 Å². The summed E-state index contributed by atoms with van der Waals surface area (Å²) in [6, 6.07) is 22.2. The number of hydrogen-bond acceptors (Lipinski definition) is 2. The summed E-state index contributed by atoms with van der Waals surface area (Å²) < 4.78 is 14.4. The molecule has 0 amide bonds. The highest BCUT2D eigenvalue weighted by atomic mass is 28.4. The summed E-state index contributed by atoms with van der Waals surface area (Å²) in [5.41, 5.74) is 1.46. The monoisotopic (exact) mass is 508 g/mol. The van der Waals surface area contributed by atoms with Gasteiger partial charge in [0.15, 0.2) is 0 Å². The van der Waals surface area contributed by atoms with Gasteiger partial charge in [0.2, 0.25) is 8.32 Å². The molecule has 0 radical (unpaired) electrons. The van der Waals surface area contributed by atoms with Crippen LogP contribution < -0.4 is 10.4 Å². The second-order valence-electron chi connectivity index (χ2n) is 12.3. The minimum atomic E-state index is -2.62. The topological polar surface area (TPSA) is 18.5 Å². The van der Waals surface area contributed by atoms with Crippen LogP contribution in [0.25, 0.3) is 0 Å². The maximum absolute atomic E-state index is 7.69. The van der Waals surface area contributed by atoms with Crippen molar-refractivity contribution in [3.05, 3.63) is 72.0 Å². The first-order valence-electron chi connectivity index (χ1n) is 13.7. The molecule has 0 unspecified atom stereocenters. The summed E-state index contributed by atoms with van der Waals surface area (Å²) in [5.74, 6) is 1.70. The molecule has 0 aromatic heterocycles. The molecular weight excluding hydrogens is 461 g/mol. The smallest absolute Gasteiger partial charge is 0.261 e. The summed E-state index contributed by atoms with van der Waals surface area (Å²) >= 11 is 0. The Balaban J connectivity index is 2.18. The normalized spacial score (nSPS) is 21.0. The summed E-state index contributed by atoms with van der Waals surface area (Å²) in [4.78, 5) is 0. The van der Waals surface area contributed by atoms with Gasteiger partial charge in [0.1, 0.15) is 0 Å². The van der Waals surface area contributed by atoms with Gasteiger partial charge in [0, 0.05) is 0 Å². The van der Waals surface area contributed by atoms with E-state index < -0.39 is 16.6 Å². The zero-order valence-corrected chi connectivity index (χ0v) is 25.5. The maximum Gasteiger partial charge on any atom is 0.261 e. The standard InChI is InChI=1S/C31H48O2Si2/c1-9-10-18-26-19-17-24-29(30(26)25(2)32-34(6,7)8)33-35(31(3,4)5,27-20-13-11-14-21-27)28-22-15-12-16-23-28/h11-16,20-23,26,29H,9-10,17-19,24H2,1-8H3/b30-25-/t26-,29-/m1/s1. The number of unbranched alkanes of at least 4 members (excludes halogenated alkanes) is 1. The largest absolute Gasteiger partial charge is 0.547 e. The molecule has 2 nitrogen and oxygen atoms in total. The van der Waals surface area contributed by atoms with Gasteiger partial charge in [-0.1, -0.05) is 101 Å². The van der Waals surface area contributed by atoms with E-state index in [1.807, 2.05) is 0 Å². The molecule has 0 aliphatic heterocycles. The van der Waals surface area contributed by atoms with Crippen molar-refractivity contribution in [1.29, 1.82) is 0 Å². The Morgan fingerprint density at radius 2 is 1.43 bits per heavy atom. The Bertz CT molecular complexity index is 915. The van der Waals surface area contributed by atoms with Gasteiger partial charge in [-0.05, 0) is 79.2 Å². The van der Waals surface area contributed by atoms with Crippen molar-refractivity contribution in [2.24, 2.45) is 5.92 Å². The summed E-state index contributed by atoms with van der Waals surface area (Å²) in [6.45, 7) is 18.5. The molecule has 35 heavy (non-hydrogen) atoms. The molecule has 2 aromatic carbocycles. The van der Waals surface area contributed by atoms with E-state index in [2.05, 4.69) is 115 Å². The predicted molar refractivity (Wildman–Crippen MR) is 156 cm³/mol. The highest BCUT2D eigenvalue weighted by molar-refractivity contribution is 6.99. The van der Waals surface area contributed by atoms with Gasteiger partial charge in [-0.15, -0.1) is 0 Å². The second-order valence-corrected chi connectivity index (χ2v) is 20.9. The van der Waals surface area contributed by atoms with Gasteiger partial charge in [0.25, 0.3) is 8.32 Å². The molecule has 3 rings (SSSR count). The van der Waals surface area contributed by atoms with Crippen LogP contribution >= 0.6 is 0 Å². The van der Waals surface area contributed by atoms with E-state index in [9.17, 15) is 0 Å². The van der Waals surface area contributed by atoms with Crippen LogP contribution in [0.4, 0.5) is 0 Å². The average Bonchev–Trinajstić information content (AvgIpc) is 2.80. The molecule has 0 saturated heterocycles.